The van der Waals surface area contributed by atoms with Crippen LogP contribution < -0.4 is 5.32 Å². The zero-order valence-corrected chi connectivity index (χ0v) is 18.4. The van der Waals surface area contributed by atoms with Crippen molar-refractivity contribution >= 4 is 23.3 Å². The molecule has 1 aliphatic carbocycles. The first-order valence-electron chi connectivity index (χ1n) is 10.9. The van der Waals surface area contributed by atoms with Crippen LogP contribution in [0.15, 0.2) is 60.9 Å². The summed E-state index contributed by atoms with van der Waals surface area (Å²) in [6.07, 6.45) is 7.51. The first-order chi connectivity index (χ1) is 15.5. The molecule has 32 heavy (non-hydrogen) atoms. The van der Waals surface area contributed by atoms with Crippen LogP contribution in [0.3, 0.4) is 0 Å². The summed E-state index contributed by atoms with van der Waals surface area (Å²) in [6, 6.07) is 13.7. The van der Waals surface area contributed by atoms with E-state index in [1.165, 1.54) is 18.9 Å². The largest absolute Gasteiger partial charge is 0.368 e. The molecule has 1 unspecified atom stereocenters. The Morgan fingerprint density at radius 1 is 1.12 bits per heavy atom. The minimum atomic E-state index is -0.518. The molecule has 2 aliphatic rings. The average Bonchev–Trinajstić information content (AvgIpc) is 3.57. The molecule has 1 atom stereocenters. The van der Waals surface area contributed by atoms with Gasteiger partial charge >= 0.3 is 0 Å². The Balaban J connectivity index is 1.43. The number of hydrogen-bond donors (Lipinski definition) is 1. The van der Waals surface area contributed by atoms with E-state index in [0.717, 1.165) is 12.8 Å². The third kappa shape index (κ3) is 4.19. The predicted molar refractivity (Wildman–Crippen MR) is 123 cm³/mol. The van der Waals surface area contributed by atoms with Crippen LogP contribution in [0.1, 0.15) is 36.0 Å². The lowest BCUT2D eigenvalue weighted by atomic mass is 9.87. The molecule has 1 saturated carbocycles. The molecule has 1 aliphatic heterocycles. The minimum absolute atomic E-state index is 0.0487. The van der Waals surface area contributed by atoms with Gasteiger partial charge in [0.2, 0.25) is 0 Å². The topological polar surface area (TPSA) is 58.1 Å². The molecule has 5 rings (SSSR count). The minimum Gasteiger partial charge on any atom is -0.368 e. The van der Waals surface area contributed by atoms with Gasteiger partial charge in [-0.1, -0.05) is 29.8 Å². The molecule has 1 spiro atoms. The summed E-state index contributed by atoms with van der Waals surface area (Å²) < 4.78 is 15.0. The van der Waals surface area contributed by atoms with Crippen LogP contribution in [-0.2, 0) is 0 Å². The van der Waals surface area contributed by atoms with Gasteiger partial charge in [-0.05, 0) is 61.4 Å². The van der Waals surface area contributed by atoms with E-state index in [0.29, 0.717) is 40.6 Å². The van der Waals surface area contributed by atoms with Crippen molar-refractivity contribution in [3.05, 3.63) is 77.3 Å². The van der Waals surface area contributed by atoms with E-state index in [9.17, 15) is 4.79 Å². The number of piperidine rings is 1. The predicted octanol–water partition coefficient (Wildman–Crippen LogP) is 5.43. The van der Waals surface area contributed by atoms with Gasteiger partial charge in [-0.2, -0.15) is 0 Å². The summed E-state index contributed by atoms with van der Waals surface area (Å²) in [5.41, 5.74) is 1.53. The third-order valence-corrected chi connectivity index (χ3v) is 6.85. The highest BCUT2D eigenvalue weighted by Gasteiger charge is 2.49. The number of nitrogens with one attached hydrogen (secondary N) is 1. The summed E-state index contributed by atoms with van der Waals surface area (Å²) in [4.78, 5) is 24.2. The first kappa shape index (κ1) is 20.9. The Bertz CT molecular complexity index is 1120. The maximum absolute atomic E-state index is 15.0. The van der Waals surface area contributed by atoms with E-state index in [2.05, 4.69) is 15.3 Å². The zero-order valence-electron chi connectivity index (χ0n) is 17.6. The van der Waals surface area contributed by atoms with E-state index in [-0.39, 0.29) is 17.5 Å². The van der Waals surface area contributed by atoms with Crippen LogP contribution in [-0.4, -0.2) is 39.9 Å². The highest BCUT2D eigenvalue weighted by molar-refractivity contribution is 6.30. The Hall–Kier alpha value is -2.99. The first-order valence-corrected chi connectivity index (χ1v) is 11.3. The molecule has 1 aromatic carbocycles. The normalized spacial score (nSPS) is 19.1. The highest BCUT2D eigenvalue weighted by Crippen LogP contribution is 2.55. The molecule has 1 amide bonds. The second kappa shape index (κ2) is 8.51. The van der Waals surface area contributed by atoms with Gasteiger partial charge in [0.25, 0.3) is 5.91 Å². The van der Waals surface area contributed by atoms with Crippen molar-refractivity contribution in [2.24, 2.45) is 5.41 Å². The van der Waals surface area contributed by atoms with Crippen LogP contribution in [0.2, 0.25) is 5.02 Å². The van der Waals surface area contributed by atoms with Crippen molar-refractivity contribution in [2.75, 3.05) is 18.4 Å². The Morgan fingerprint density at radius 2 is 2.00 bits per heavy atom. The molecule has 7 heteroatoms. The fourth-order valence-electron chi connectivity index (χ4n) is 4.66. The number of anilines is 1. The molecule has 2 aromatic heterocycles. The SMILES string of the molecule is O=C(c1c(F)cccc1-c1ccccn1)N1CCC2(CC2)CC1CNc1ccc(Cl)cn1. The number of hydrogen-bond acceptors (Lipinski definition) is 4. The lowest BCUT2D eigenvalue weighted by Gasteiger charge is -2.40. The number of carbonyl (C=O) groups is 1. The molecule has 0 radical (unpaired) electrons. The second-order valence-electron chi connectivity index (χ2n) is 8.73. The second-order valence-corrected chi connectivity index (χ2v) is 9.16. The van der Waals surface area contributed by atoms with E-state index < -0.39 is 5.82 Å². The van der Waals surface area contributed by atoms with Crippen LogP contribution in [0, 0.1) is 11.2 Å². The molecule has 1 N–H and O–H groups in total. The summed E-state index contributed by atoms with van der Waals surface area (Å²) in [6.45, 7) is 1.17. The summed E-state index contributed by atoms with van der Waals surface area (Å²) in [7, 11) is 0. The maximum Gasteiger partial charge on any atom is 0.257 e. The summed E-state index contributed by atoms with van der Waals surface area (Å²) in [5.74, 6) is -0.0941. The number of likely N-dealkylation sites (tertiary alicyclic amines) is 1. The smallest absolute Gasteiger partial charge is 0.257 e. The number of aromatic nitrogens is 2. The number of amides is 1. The van der Waals surface area contributed by atoms with Crippen LogP contribution >= 0.6 is 11.6 Å². The number of pyridine rings is 2. The van der Waals surface area contributed by atoms with Crippen molar-refractivity contribution in [2.45, 2.75) is 31.7 Å². The molecule has 5 nitrogen and oxygen atoms in total. The van der Waals surface area contributed by atoms with Gasteiger partial charge < -0.3 is 10.2 Å². The monoisotopic (exact) mass is 450 g/mol. The number of benzene rings is 1. The van der Waals surface area contributed by atoms with Crippen molar-refractivity contribution in [3.63, 3.8) is 0 Å². The van der Waals surface area contributed by atoms with Crippen molar-refractivity contribution < 1.29 is 9.18 Å². The highest BCUT2D eigenvalue weighted by atomic mass is 35.5. The number of halogens is 2. The number of rotatable bonds is 5. The molecule has 3 aromatic rings. The number of nitrogens with zero attached hydrogens (tertiary/aromatic N) is 3. The van der Waals surface area contributed by atoms with Gasteiger partial charge in [-0.15, -0.1) is 0 Å². The van der Waals surface area contributed by atoms with E-state index in [4.69, 9.17) is 11.6 Å². The van der Waals surface area contributed by atoms with Crippen LogP contribution in [0.4, 0.5) is 10.2 Å². The molecule has 3 heterocycles. The van der Waals surface area contributed by atoms with Gasteiger partial charge in [0.15, 0.2) is 0 Å². The van der Waals surface area contributed by atoms with Crippen LogP contribution in [0.5, 0.6) is 0 Å². The van der Waals surface area contributed by atoms with Crippen molar-refractivity contribution in [3.8, 4) is 11.3 Å². The van der Waals surface area contributed by atoms with Crippen molar-refractivity contribution in [1.29, 1.82) is 0 Å². The van der Waals surface area contributed by atoms with Gasteiger partial charge in [0, 0.05) is 37.1 Å². The Kier molecular flexibility index (Phi) is 5.55. The molecule has 0 bridgehead atoms. The standard InChI is InChI=1S/C25H24ClFN4O/c26-17-7-8-22(29-15-17)30-16-18-14-25(9-10-25)11-13-31(18)24(32)23-19(4-3-5-20(23)27)21-6-1-2-12-28-21/h1-8,12,15,18H,9-11,13-14,16H2,(H,29,30). The van der Waals surface area contributed by atoms with Gasteiger partial charge in [-0.25, -0.2) is 9.37 Å². The lowest BCUT2D eigenvalue weighted by Crippen LogP contribution is -2.50. The molecule has 2 fully saturated rings. The summed E-state index contributed by atoms with van der Waals surface area (Å²) >= 11 is 5.94. The van der Waals surface area contributed by atoms with Crippen molar-refractivity contribution in [1.82, 2.24) is 14.9 Å². The molecular formula is C25H24ClFN4O. The fraction of sp³-hybridized carbons (Fsp3) is 0.320. The zero-order chi connectivity index (χ0) is 22.1. The Labute approximate surface area is 191 Å². The van der Waals surface area contributed by atoms with Gasteiger partial charge in [0.1, 0.15) is 11.6 Å². The van der Waals surface area contributed by atoms with Gasteiger partial charge in [0.05, 0.1) is 16.3 Å². The maximum atomic E-state index is 15.0. The Morgan fingerprint density at radius 3 is 2.72 bits per heavy atom. The molecule has 1 saturated heterocycles. The number of carbonyl (C=O) groups excluding carboxylic acids is 1. The van der Waals surface area contributed by atoms with E-state index in [1.54, 1.807) is 42.7 Å². The lowest BCUT2D eigenvalue weighted by molar-refractivity contribution is 0.0542. The summed E-state index contributed by atoms with van der Waals surface area (Å²) in [5, 5.41) is 3.91. The van der Waals surface area contributed by atoms with E-state index in [1.807, 2.05) is 17.0 Å². The van der Waals surface area contributed by atoms with Crippen LogP contribution in [0.25, 0.3) is 11.3 Å². The molecule has 164 valence electrons. The third-order valence-electron chi connectivity index (χ3n) is 6.62. The molecular weight excluding hydrogens is 427 g/mol. The van der Waals surface area contributed by atoms with E-state index >= 15 is 4.39 Å². The quantitative estimate of drug-likeness (QED) is 0.562. The average molecular weight is 451 g/mol. The van der Waals surface area contributed by atoms with Gasteiger partial charge in [-0.3, -0.25) is 9.78 Å². The fourth-order valence-corrected chi connectivity index (χ4v) is 4.77.